The minimum Gasteiger partial charge on any atom is -0.466 e. The fourth-order valence-corrected chi connectivity index (χ4v) is 2.72. The summed E-state index contributed by atoms with van der Waals surface area (Å²) < 4.78 is 4.97. The molecule has 0 aliphatic rings. The summed E-state index contributed by atoms with van der Waals surface area (Å²) in [7, 11) is 0. The van der Waals surface area contributed by atoms with Crippen molar-refractivity contribution in [3.63, 3.8) is 0 Å². The second-order valence-corrected chi connectivity index (χ2v) is 5.91. The van der Waals surface area contributed by atoms with Gasteiger partial charge in [-0.15, -0.1) is 0 Å². The first-order chi connectivity index (χ1) is 9.74. The van der Waals surface area contributed by atoms with Gasteiger partial charge in [0.15, 0.2) is 0 Å². The highest BCUT2D eigenvalue weighted by molar-refractivity contribution is 5.69. The van der Waals surface area contributed by atoms with Crippen LogP contribution in [0.5, 0.6) is 0 Å². The monoisotopic (exact) mass is 284 g/mol. The Balaban J connectivity index is 3.70. The summed E-state index contributed by atoms with van der Waals surface area (Å²) in [4.78, 5) is 11.3. The average molecular weight is 284 g/mol. The Kier molecular flexibility index (Phi) is 14.5. The molecule has 120 valence electrons. The molecule has 2 heteroatoms. The van der Waals surface area contributed by atoms with Crippen LogP contribution in [0.4, 0.5) is 0 Å². The Bertz CT molecular complexity index is 213. The van der Waals surface area contributed by atoms with E-state index in [2.05, 4.69) is 13.8 Å². The van der Waals surface area contributed by atoms with Crippen molar-refractivity contribution in [2.45, 2.75) is 97.8 Å². The van der Waals surface area contributed by atoms with Gasteiger partial charge in [-0.3, -0.25) is 4.79 Å². The molecule has 0 fully saturated rings. The first-order valence-corrected chi connectivity index (χ1v) is 8.90. The Morgan fingerprint density at radius 1 is 0.800 bits per heavy atom. The van der Waals surface area contributed by atoms with Gasteiger partial charge >= 0.3 is 5.97 Å². The summed E-state index contributed by atoms with van der Waals surface area (Å²) in [5.74, 6) is 0.856. The van der Waals surface area contributed by atoms with E-state index >= 15 is 0 Å². The average Bonchev–Trinajstić information content (AvgIpc) is 2.44. The van der Waals surface area contributed by atoms with E-state index in [-0.39, 0.29) is 5.97 Å². The van der Waals surface area contributed by atoms with Gasteiger partial charge in [-0.2, -0.15) is 0 Å². The minimum absolute atomic E-state index is 0.0273. The molecule has 0 aromatic heterocycles. The molecule has 0 bridgehead atoms. The van der Waals surface area contributed by atoms with Crippen molar-refractivity contribution in [1.29, 1.82) is 0 Å². The normalized spacial score (nSPS) is 12.3. The van der Waals surface area contributed by atoms with Crippen molar-refractivity contribution in [3.05, 3.63) is 0 Å². The minimum atomic E-state index is -0.0273. The summed E-state index contributed by atoms with van der Waals surface area (Å²) in [5, 5.41) is 0. The van der Waals surface area contributed by atoms with Crippen LogP contribution in [0.3, 0.4) is 0 Å². The molecule has 0 aliphatic heterocycles. The van der Waals surface area contributed by atoms with Crippen LogP contribution in [0.2, 0.25) is 0 Å². The molecular weight excluding hydrogens is 248 g/mol. The van der Waals surface area contributed by atoms with Crippen LogP contribution in [-0.2, 0) is 9.53 Å². The molecule has 2 nitrogen and oxygen atoms in total. The van der Waals surface area contributed by atoms with Crippen molar-refractivity contribution in [2.75, 3.05) is 6.61 Å². The largest absolute Gasteiger partial charge is 0.466 e. The van der Waals surface area contributed by atoms with Crippen LogP contribution in [0.15, 0.2) is 0 Å². The number of carbonyl (C=O) groups is 1. The van der Waals surface area contributed by atoms with Crippen LogP contribution >= 0.6 is 0 Å². The number of ether oxygens (including phenoxy) is 1. The van der Waals surface area contributed by atoms with E-state index in [0.717, 1.165) is 12.3 Å². The van der Waals surface area contributed by atoms with Gasteiger partial charge in [0.2, 0.25) is 0 Å². The maximum atomic E-state index is 11.3. The first kappa shape index (κ1) is 19.5. The van der Waals surface area contributed by atoms with Crippen LogP contribution in [0.25, 0.3) is 0 Å². The number of rotatable bonds is 14. The van der Waals surface area contributed by atoms with E-state index in [4.69, 9.17) is 4.74 Å². The molecule has 1 atom stereocenters. The number of hydrogen-bond donors (Lipinski definition) is 0. The van der Waals surface area contributed by atoms with Crippen LogP contribution < -0.4 is 0 Å². The molecule has 20 heavy (non-hydrogen) atoms. The lowest BCUT2D eigenvalue weighted by Gasteiger charge is -2.16. The lowest BCUT2D eigenvalue weighted by molar-refractivity contribution is -0.143. The van der Waals surface area contributed by atoms with E-state index < -0.39 is 0 Å². The molecule has 0 aromatic rings. The van der Waals surface area contributed by atoms with Crippen molar-refractivity contribution in [1.82, 2.24) is 0 Å². The molecule has 0 amide bonds. The Hall–Kier alpha value is -0.530. The summed E-state index contributed by atoms with van der Waals surface area (Å²) in [5.41, 5.74) is 0. The zero-order chi connectivity index (χ0) is 15.1. The standard InChI is InChI=1S/C18H36O2/c1-4-7-9-10-14-17(13-8-5-2)15-11-12-16-18(19)20-6-3/h17H,4-16H2,1-3H3. The number of esters is 1. The Morgan fingerprint density at radius 3 is 2.00 bits per heavy atom. The summed E-state index contributed by atoms with van der Waals surface area (Å²) in [6, 6.07) is 0. The lowest BCUT2D eigenvalue weighted by atomic mass is 9.90. The van der Waals surface area contributed by atoms with E-state index in [1.807, 2.05) is 6.92 Å². The molecule has 0 saturated carbocycles. The van der Waals surface area contributed by atoms with E-state index in [1.165, 1.54) is 64.2 Å². The highest BCUT2D eigenvalue weighted by atomic mass is 16.5. The predicted molar refractivity (Wildman–Crippen MR) is 86.9 cm³/mol. The fourth-order valence-electron chi connectivity index (χ4n) is 2.72. The predicted octanol–water partition coefficient (Wildman–Crippen LogP) is 5.89. The van der Waals surface area contributed by atoms with E-state index in [1.54, 1.807) is 0 Å². The second kappa shape index (κ2) is 14.9. The van der Waals surface area contributed by atoms with Gasteiger partial charge in [0, 0.05) is 6.42 Å². The van der Waals surface area contributed by atoms with E-state index in [0.29, 0.717) is 13.0 Å². The molecule has 0 spiro atoms. The summed E-state index contributed by atoms with van der Waals surface area (Å²) >= 11 is 0. The lowest BCUT2D eigenvalue weighted by Crippen LogP contribution is -2.05. The smallest absolute Gasteiger partial charge is 0.305 e. The zero-order valence-electron chi connectivity index (χ0n) is 14.1. The zero-order valence-corrected chi connectivity index (χ0v) is 14.1. The third kappa shape index (κ3) is 12.5. The quantitative estimate of drug-likeness (QED) is 0.294. The molecule has 0 heterocycles. The molecule has 0 saturated heterocycles. The van der Waals surface area contributed by atoms with Crippen molar-refractivity contribution >= 4 is 5.97 Å². The highest BCUT2D eigenvalue weighted by Crippen LogP contribution is 2.23. The van der Waals surface area contributed by atoms with Gasteiger partial charge < -0.3 is 4.74 Å². The highest BCUT2D eigenvalue weighted by Gasteiger charge is 2.09. The van der Waals surface area contributed by atoms with Gasteiger partial charge in [-0.1, -0.05) is 78.1 Å². The molecule has 0 N–H and O–H groups in total. The third-order valence-electron chi connectivity index (χ3n) is 3.98. The van der Waals surface area contributed by atoms with Gasteiger partial charge in [-0.05, 0) is 19.3 Å². The fraction of sp³-hybridized carbons (Fsp3) is 0.944. The van der Waals surface area contributed by atoms with Crippen LogP contribution in [0, 0.1) is 5.92 Å². The Labute approximate surface area is 126 Å². The van der Waals surface area contributed by atoms with Crippen molar-refractivity contribution in [3.8, 4) is 0 Å². The van der Waals surface area contributed by atoms with Gasteiger partial charge in [-0.25, -0.2) is 0 Å². The van der Waals surface area contributed by atoms with Gasteiger partial charge in [0.1, 0.15) is 0 Å². The maximum absolute atomic E-state index is 11.3. The molecule has 0 aromatic carbocycles. The van der Waals surface area contributed by atoms with Gasteiger partial charge in [0.25, 0.3) is 0 Å². The number of carbonyl (C=O) groups excluding carboxylic acids is 1. The van der Waals surface area contributed by atoms with E-state index in [9.17, 15) is 4.79 Å². The molecule has 0 rings (SSSR count). The van der Waals surface area contributed by atoms with Gasteiger partial charge in [0.05, 0.1) is 6.61 Å². The molecule has 0 radical (unpaired) electrons. The Morgan fingerprint density at radius 2 is 1.40 bits per heavy atom. The SMILES string of the molecule is CCCCCCC(CCCC)CCCCC(=O)OCC. The van der Waals surface area contributed by atoms with Crippen molar-refractivity contribution < 1.29 is 9.53 Å². The summed E-state index contributed by atoms with van der Waals surface area (Å²) in [6.07, 6.45) is 15.0. The number of unbranched alkanes of at least 4 members (excludes halogenated alkanes) is 5. The second-order valence-electron chi connectivity index (χ2n) is 5.91. The topological polar surface area (TPSA) is 26.3 Å². The van der Waals surface area contributed by atoms with Crippen molar-refractivity contribution in [2.24, 2.45) is 5.92 Å². The number of hydrogen-bond acceptors (Lipinski definition) is 2. The maximum Gasteiger partial charge on any atom is 0.305 e. The van der Waals surface area contributed by atoms with Crippen LogP contribution in [-0.4, -0.2) is 12.6 Å². The third-order valence-corrected chi connectivity index (χ3v) is 3.98. The van der Waals surface area contributed by atoms with Crippen LogP contribution in [0.1, 0.15) is 97.8 Å². The molecular formula is C18H36O2. The summed E-state index contributed by atoms with van der Waals surface area (Å²) in [6.45, 7) is 6.92. The molecule has 0 aliphatic carbocycles. The first-order valence-electron chi connectivity index (χ1n) is 8.90. The molecule has 1 unspecified atom stereocenters.